The van der Waals surface area contributed by atoms with Crippen molar-refractivity contribution >= 4 is 33.7 Å². The van der Waals surface area contributed by atoms with Gasteiger partial charge in [0.25, 0.3) is 0 Å². The smallest absolute Gasteiger partial charge is 0.371 e. The van der Waals surface area contributed by atoms with Gasteiger partial charge in [-0.05, 0) is 37.3 Å². The Morgan fingerprint density at radius 1 is 1.39 bits per heavy atom. The number of rotatable bonds is 4. The van der Waals surface area contributed by atoms with Crippen LogP contribution in [0.4, 0.5) is 0 Å². The van der Waals surface area contributed by atoms with E-state index in [9.17, 15) is 4.79 Å². The van der Waals surface area contributed by atoms with Gasteiger partial charge < -0.3 is 9.52 Å². The molecule has 0 radical (unpaired) electrons. The normalized spacial score (nSPS) is 12.3. The van der Waals surface area contributed by atoms with E-state index in [1.807, 2.05) is 31.2 Å². The van der Waals surface area contributed by atoms with Crippen LogP contribution in [0.1, 0.15) is 28.5 Å². The van der Waals surface area contributed by atoms with Gasteiger partial charge in [-0.25, -0.2) is 4.79 Å². The van der Waals surface area contributed by atoms with Crippen molar-refractivity contribution in [2.45, 2.75) is 17.1 Å². The fraction of sp³-hybridized carbons (Fsp3) is 0.154. The minimum Gasteiger partial charge on any atom is -0.475 e. The van der Waals surface area contributed by atoms with Gasteiger partial charge in [-0.1, -0.05) is 22.0 Å². The molecule has 0 bridgehead atoms. The van der Waals surface area contributed by atoms with E-state index in [2.05, 4.69) is 15.9 Å². The summed E-state index contributed by atoms with van der Waals surface area (Å²) < 4.78 is 6.30. The Labute approximate surface area is 117 Å². The number of thioether (sulfide) groups is 1. The second kappa shape index (κ2) is 5.63. The highest BCUT2D eigenvalue weighted by Crippen LogP contribution is 2.36. The first-order valence-electron chi connectivity index (χ1n) is 5.31. The summed E-state index contributed by atoms with van der Waals surface area (Å²) in [6, 6.07) is 11.1. The maximum atomic E-state index is 10.7. The molecule has 0 fully saturated rings. The van der Waals surface area contributed by atoms with E-state index in [-0.39, 0.29) is 11.0 Å². The van der Waals surface area contributed by atoms with Crippen molar-refractivity contribution in [1.82, 2.24) is 0 Å². The number of furan rings is 1. The Hall–Kier alpha value is -1.20. The van der Waals surface area contributed by atoms with Crippen LogP contribution in [0.15, 0.2) is 50.2 Å². The average Bonchev–Trinajstić information content (AvgIpc) is 2.78. The van der Waals surface area contributed by atoms with Crippen LogP contribution in [0, 0.1) is 0 Å². The first-order chi connectivity index (χ1) is 8.56. The van der Waals surface area contributed by atoms with Crippen LogP contribution in [0.3, 0.4) is 0 Å². The van der Waals surface area contributed by atoms with Gasteiger partial charge in [0.05, 0.1) is 5.25 Å². The van der Waals surface area contributed by atoms with Crippen LogP contribution < -0.4 is 0 Å². The molecule has 0 spiro atoms. The van der Waals surface area contributed by atoms with E-state index in [0.29, 0.717) is 5.76 Å². The molecule has 94 valence electrons. The number of hydrogen-bond acceptors (Lipinski definition) is 3. The van der Waals surface area contributed by atoms with Crippen molar-refractivity contribution in [3.05, 3.63) is 52.4 Å². The zero-order chi connectivity index (χ0) is 13.1. The lowest BCUT2D eigenvalue weighted by molar-refractivity contribution is 0.0660. The van der Waals surface area contributed by atoms with E-state index in [0.717, 1.165) is 9.37 Å². The molecule has 0 amide bonds. The van der Waals surface area contributed by atoms with Crippen LogP contribution in [0.25, 0.3) is 0 Å². The molecule has 1 aromatic heterocycles. The number of carboxylic acids is 1. The zero-order valence-corrected chi connectivity index (χ0v) is 12.0. The number of carbonyl (C=O) groups is 1. The Morgan fingerprint density at radius 3 is 2.78 bits per heavy atom. The summed E-state index contributed by atoms with van der Waals surface area (Å²) >= 11 is 5.04. The van der Waals surface area contributed by atoms with Crippen LogP contribution in [0.2, 0.25) is 0 Å². The lowest BCUT2D eigenvalue weighted by Crippen LogP contribution is -1.92. The van der Waals surface area contributed by atoms with Gasteiger partial charge in [-0.2, -0.15) is 0 Å². The molecular weight excluding hydrogens is 316 g/mol. The number of hydrogen-bond donors (Lipinski definition) is 1. The van der Waals surface area contributed by atoms with Gasteiger partial charge in [0.2, 0.25) is 5.76 Å². The number of aromatic carboxylic acids is 1. The summed E-state index contributed by atoms with van der Waals surface area (Å²) in [5.41, 5.74) is 0. The van der Waals surface area contributed by atoms with Gasteiger partial charge in [0.15, 0.2) is 0 Å². The van der Waals surface area contributed by atoms with E-state index in [1.54, 1.807) is 17.8 Å². The van der Waals surface area contributed by atoms with E-state index in [1.165, 1.54) is 6.07 Å². The third-order valence-corrected chi connectivity index (χ3v) is 3.95. The molecule has 1 aromatic carbocycles. The van der Waals surface area contributed by atoms with Gasteiger partial charge in [-0.15, -0.1) is 11.8 Å². The quantitative estimate of drug-likeness (QED) is 0.834. The molecule has 5 heteroatoms. The Balaban J connectivity index is 2.11. The van der Waals surface area contributed by atoms with Gasteiger partial charge in [0.1, 0.15) is 5.76 Å². The molecule has 0 aliphatic carbocycles. The summed E-state index contributed by atoms with van der Waals surface area (Å²) in [5.74, 6) is -0.398. The summed E-state index contributed by atoms with van der Waals surface area (Å²) in [6.07, 6.45) is 0. The van der Waals surface area contributed by atoms with Crippen molar-refractivity contribution < 1.29 is 14.3 Å². The van der Waals surface area contributed by atoms with Gasteiger partial charge >= 0.3 is 5.97 Å². The highest BCUT2D eigenvalue weighted by atomic mass is 79.9. The lowest BCUT2D eigenvalue weighted by Gasteiger charge is -2.08. The topological polar surface area (TPSA) is 50.4 Å². The molecule has 18 heavy (non-hydrogen) atoms. The second-order valence-corrected chi connectivity index (χ2v) is 6.05. The minimum atomic E-state index is -1.04. The fourth-order valence-corrected chi connectivity index (χ4v) is 3.04. The molecule has 0 aliphatic rings. The monoisotopic (exact) mass is 326 g/mol. The maximum Gasteiger partial charge on any atom is 0.371 e. The number of benzene rings is 1. The third kappa shape index (κ3) is 3.17. The van der Waals surface area contributed by atoms with E-state index in [4.69, 9.17) is 9.52 Å². The molecule has 1 heterocycles. The molecule has 2 aromatic rings. The average molecular weight is 327 g/mol. The van der Waals surface area contributed by atoms with Crippen molar-refractivity contribution in [2.24, 2.45) is 0 Å². The number of halogens is 1. The zero-order valence-electron chi connectivity index (χ0n) is 9.59. The second-order valence-electron chi connectivity index (χ2n) is 3.72. The summed E-state index contributed by atoms with van der Waals surface area (Å²) in [6.45, 7) is 1.98. The predicted octanol–water partition coefficient (Wildman–Crippen LogP) is 4.59. The first kappa shape index (κ1) is 13.2. The van der Waals surface area contributed by atoms with Crippen LogP contribution in [-0.2, 0) is 0 Å². The maximum absolute atomic E-state index is 10.7. The van der Waals surface area contributed by atoms with Gasteiger partial charge in [0, 0.05) is 9.37 Å². The highest BCUT2D eigenvalue weighted by Gasteiger charge is 2.15. The molecule has 1 unspecified atom stereocenters. The highest BCUT2D eigenvalue weighted by molar-refractivity contribution is 9.10. The summed E-state index contributed by atoms with van der Waals surface area (Å²) in [7, 11) is 0. The lowest BCUT2D eigenvalue weighted by atomic mass is 10.3. The SMILES string of the molecule is CC(Sc1cccc(Br)c1)c1ccc(C(=O)O)o1. The van der Waals surface area contributed by atoms with Crippen LogP contribution >= 0.6 is 27.7 Å². The Kier molecular flexibility index (Phi) is 4.14. The molecule has 3 nitrogen and oxygen atoms in total. The van der Waals surface area contributed by atoms with Crippen molar-refractivity contribution in [1.29, 1.82) is 0 Å². The van der Waals surface area contributed by atoms with Crippen molar-refractivity contribution in [2.75, 3.05) is 0 Å². The molecule has 2 rings (SSSR count). The summed E-state index contributed by atoms with van der Waals surface area (Å²) in [4.78, 5) is 11.8. The van der Waals surface area contributed by atoms with Crippen molar-refractivity contribution in [3.8, 4) is 0 Å². The fourth-order valence-electron chi connectivity index (χ4n) is 1.49. The first-order valence-corrected chi connectivity index (χ1v) is 6.99. The Morgan fingerprint density at radius 2 is 2.17 bits per heavy atom. The molecule has 1 atom stereocenters. The Bertz CT molecular complexity index is 565. The minimum absolute atomic E-state index is 0.0216. The molecule has 0 saturated heterocycles. The van der Waals surface area contributed by atoms with E-state index >= 15 is 0 Å². The van der Waals surface area contributed by atoms with Gasteiger partial charge in [-0.3, -0.25) is 0 Å². The third-order valence-electron chi connectivity index (χ3n) is 2.35. The molecular formula is C13H11BrO3S. The predicted molar refractivity (Wildman–Crippen MR) is 74.1 cm³/mol. The van der Waals surface area contributed by atoms with E-state index < -0.39 is 5.97 Å². The standard InChI is InChI=1S/C13H11BrO3S/c1-8(11-5-6-12(17-11)13(15)16)18-10-4-2-3-9(14)7-10/h2-8H,1H3,(H,15,16). The molecule has 0 aliphatic heterocycles. The summed E-state index contributed by atoms with van der Waals surface area (Å²) in [5, 5.41) is 8.86. The van der Waals surface area contributed by atoms with Crippen molar-refractivity contribution in [3.63, 3.8) is 0 Å². The number of carboxylic acid groups (broad SMARTS) is 1. The largest absolute Gasteiger partial charge is 0.475 e. The van der Waals surface area contributed by atoms with Crippen LogP contribution in [-0.4, -0.2) is 11.1 Å². The van der Waals surface area contributed by atoms with Crippen LogP contribution in [0.5, 0.6) is 0 Å². The molecule has 0 saturated carbocycles. The molecule has 1 N–H and O–H groups in total.